The van der Waals surface area contributed by atoms with Gasteiger partial charge < -0.3 is 0 Å². The van der Waals surface area contributed by atoms with E-state index in [9.17, 15) is 4.39 Å². The summed E-state index contributed by atoms with van der Waals surface area (Å²) < 4.78 is 13.8. The van der Waals surface area contributed by atoms with Gasteiger partial charge in [-0.25, -0.2) is 9.37 Å². The molecule has 1 aromatic heterocycles. The van der Waals surface area contributed by atoms with E-state index in [1.54, 1.807) is 12.3 Å². The number of benzene rings is 1. The fourth-order valence-corrected chi connectivity index (χ4v) is 1.53. The zero-order valence-corrected chi connectivity index (χ0v) is 10.9. The van der Waals surface area contributed by atoms with Crippen LogP contribution in [0.4, 0.5) is 4.39 Å². The quantitative estimate of drug-likeness (QED) is 0.809. The molecule has 0 fully saturated rings. The highest BCUT2D eigenvalue weighted by atomic mass is 127. The number of H-pyrrole nitrogens is 1. The van der Waals surface area contributed by atoms with Crippen LogP contribution in [0, 0.1) is 9.39 Å². The van der Waals surface area contributed by atoms with E-state index in [0.717, 1.165) is 11.8 Å². The van der Waals surface area contributed by atoms with Crippen LogP contribution in [-0.4, -0.2) is 15.2 Å². The maximum absolute atomic E-state index is 13.3. The molecule has 0 spiro atoms. The van der Waals surface area contributed by atoms with E-state index < -0.39 is 0 Å². The Bertz CT molecular complexity index is 523. The Morgan fingerprint density at radius 2 is 1.88 bits per heavy atom. The second-order valence-corrected chi connectivity index (χ2v) is 4.39. The lowest BCUT2D eigenvalue weighted by Gasteiger charge is -1.95. The maximum Gasteiger partial charge on any atom is 0.156 e. The first-order valence-corrected chi connectivity index (χ1v) is 5.99. The summed E-state index contributed by atoms with van der Waals surface area (Å²) in [5.41, 5.74) is 0.895. The number of hydrogen-bond donors (Lipinski definition) is 1. The van der Waals surface area contributed by atoms with E-state index in [1.165, 1.54) is 0 Å². The highest BCUT2D eigenvalue weighted by molar-refractivity contribution is 14.1. The highest BCUT2D eigenvalue weighted by Gasteiger charge is 1.96. The van der Waals surface area contributed by atoms with Crippen molar-refractivity contribution in [2.75, 3.05) is 0 Å². The summed E-state index contributed by atoms with van der Waals surface area (Å²) in [5, 5.41) is 6.52. The van der Waals surface area contributed by atoms with Crippen molar-refractivity contribution in [3.05, 3.63) is 58.2 Å². The van der Waals surface area contributed by atoms with Crippen molar-refractivity contribution in [3.63, 3.8) is 0 Å². The summed E-state index contributed by atoms with van der Waals surface area (Å²) in [5.74, 6) is 0.191. The van der Waals surface area contributed by atoms with Gasteiger partial charge in [0.1, 0.15) is 0 Å². The van der Waals surface area contributed by atoms with Crippen molar-refractivity contribution in [3.8, 4) is 11.4 Å². The summed E-state index contributed by atoms with van der Waals surface area (Å²) in [6.07, 6.45) is 2.68. The van der Waals surface area contributed by atoms with E-state index in [1.807, 2.05) is 52.9 Å². The van der Waals surface area contributed by atoms with E-state index in [2.05, 4.69) is 15.2 Å². The van der Waals surface area contributed by atoms with Gasteiger partial charge in [-0.15, -0.1) is 0 Å². The van der Waals surface area contributed by atoms with Crippen molar-refractivity contribution >= 4 is 22.6 Å². The van der Waals surface area contributed by atoms with Gasteiger partial charge in [0.2, 0.25) is 0 Å². The maximum atomic E-state index is 13.3. The topological polar surface area (TPSA) is 41.6 Å². The first-order valence-electron chi connectivity index (χ1n) is 4.91. The van der Waals surface area contributed by atoms with Crippen LogP contribution in [0.15, 0.2) is 48.8 Å². The number of halogens is 2. The summed E-state index contributed by atoms with van der Waals surface area (Å²) in [6.45, 7) is 0. The molecule has 1 heterocycles. The molecule has 0 atom stereocenters. The third-order valence-corrected chi connectivity index (χ3v) is 2.92. The second kappa shape index (κ2) is 5.72. The molecule has 0 bridgehead atoms. The second-order valence-electron chi connectivity index (χ2n) is 3.23. The zero-order valence-electron chi connectivity index (χ0n) is 8.77. The number of nitrogens with one attached hydrogen (secondary N) is 1. The fraction of sp³-hybridized carbons (Fsp3) is 0. The summed E-state index contributed by atoms with van der Waals surface area (Å²) in [6, 6.07) is 11.1. The zero-order chi connectivity index (χ0) is 12.1. The molecule has 2 aromatic rings. The third kappa shape index (κ3) is 3.23. The molecule has 17 heavy (non-hydrogen) atoms. The van der Waals surface area contributed by atoms with E-state index in [-0.39, 0.29) is 5.82 Å². The summed E-state index contributed by atoms with van der Waals surface area (Å²) >= 11 is 1.89. The molecule has 3 nitrogen and oxygen atoms in total. The Morgan fingerprint density at radius 1 is 1.12 bits per heavy atom. The van der Waals surface area contributed by atoms with Gasteiger partial charge in [0.25, 0.3) is 0 Å². The monoisotopic (exact) mass is 341 g/mol. The Morgan fingerprint density at radius 3 is 2.65 bits per heavy atom. The molecule has 1 N–H and O–H groups in total. The Labute approximate surface area is 112 Å². The van der Waals surface area contributed by atoms with Crippen LogP contribution in [0.5, 0.6) is 0 Å². The standard InChI is InChI=1S/C12H9FIN3/c13-10-8-16-17-12(15-7-6-11(10)14)9-4-2-1-3-5-9/h1-8H,(H,15,17). The van der Waals surface area contributed by atoms with Gasteiger partial charge >= 0.3 is 0 Å². The average molecular weight is 341 g/mol. The smallest absolute Gasteiger partial charge is 0.156 e. The number of aromatic nitrogens is 3. The summed E-state index contributed by atoms with van der Waals surface area (Å²) in [4.78, 5) is 4.20. The normalized spacial score (nSPS) is 9.76. The molecule has 2 rings (SSSR count). The third-order valence-electron chi connectivity index (χ3n) is 2.05. The van der Waals surface area contributed by atoms with Crippen LogP contribution < -0.4 is 0 Å². The largest absolute Gasteiger partial charge is 0.261 e. The van der Waals surface area contributed by atoms with E-state index in [4.69, 9.17) is 0 Å². The molecule has 0 aliphatic rings. The van der Waals surface area contributed by atoms with Crippen LogP contribution in [0.25, 0.3) is 11.4 Å². The van der Waals surface area contributed by atoms with Crippen molar-refractivity contribution in [1.82, 2.24) is 15.2 Å². The fourth-order valence-electron chi connectivity index (χ4n) is 1.23. The number of aromatic amines is 1. The van der Waals surface area contributed by atoms with Gasteiger partial charge in [0.05, 0.1) is 9.77 Å². The van der Waals surface area contributed by atoms with Crippen LogP contribution in [0.3, 0.4) is 0 Å². The van der Waals surface area contributed by atoms with Gasteiger partial charge in [0, 0.05) is 11.8 Å². The van der Waals surface area contributed by atoms with Gasteiger partial charge in [-0.1, -0.05) is 30.3 Å². The lowest BCUT2D eigenvalue weighted by Crippen LogP contribution is -1.85. The molecule has 0 radical (unpaired) electrons. The Kier molecular flexibility index (Phi) is 4.03. The minimum Gasteiger partial charge on any atom is -0.261 e. The van der Waals surface area contributed by atoms with Crippen molar-refractivity contribution in [1.29, 1.82) is 0 Å². The first kappa shape index (κ1) is 12.0. The Balaban J connectivity index is 2.55. The molecule has 1 aromatic carbocycles. The van der Waals surface area contributed by atoms with Crippen LogP contribution in [0.1, 0.15) is 0 Å². The van der Waals surface area contributed by atoms with E-state index >= 15 is 0 Å². The molecule has 0 aliphatic heterocycles. The number of hydrogen-bond acceptors (Lipinski definition) is 2. The van der Waals surface area contributed by atoms with Gasteiger partial charge in [0.15, 0.2) is 11.6 Å². The van der Waals surface area contributed by atoms with Crippen LogP contribution >= 0.6 is 22.6 Å². The molecule has 5 heteroatoms. The highest BCUT2D eigenvalue weighted by Crippen LogP contribution is 2.11. The van der Waals surface area contributed by atoms with Crippen molar-refractivity contribution in [2.24, 2.45) is 0 Å². The van der Waals surface area contributed by atoms with Crippen molar-refractivity contribution in [2.45, 2.75) is 0 Å². The van der Waals surface area contributed by atoms with Crippen molar-refractivity contribution < 1.29 is 4.39 Å². The number of nitrogens with zero attached hydrogens (tertiary/aromatic N) is 2. The van der Waals surface area contributed by atoms with E-state index in [0.29, 0.717) is 9.39 Å². The van der Waals surface area contributed by atoms with Gasteiger partial charge in [-0.2, -0.15) is 5.10 Å². The minimum atomic E-state index is -0.390. The molecule has 0 saturated carbocycles. The lowest BCUT2D eigenvalue weighted by molar-refractivity contribution is 0.614. The number of rotatable bonds is 1. The SMILES string of the molecule is Fc1cn[nH]c(-c2ccccc2)nccc1I. The van der Waals surface area contributed by atoms with Crippen LogP contribution in [0.2, 0.25) is 0 Å². The molecule has 0 saturated heterocycles. The lowest BCUT2D eigenvalue weighted by atomic mass is 10.2. The predicted octanol–water partition coefficient (Wildman–Crippen LogP) is 3.34. The van der Waals surface area contributed by atoms with Gasteiger partial charge in [-0.05, 0) is 28.7 Å². The molecule has 0 aliphatic carbocycles. The Hall–Kier alpha value is -1.50. The van der Waals surface area contributed by atoms with Crippen LogP contribution in [-0.2, 0) is 0 Å². The van der Waals surface area contributed by atoms with Gasteiger partial charge in [-0.3, -0.25) is 5.10 Å². The molecule has 0 amide bonds. The molecule has 86 valence electrons. The molecule has 0 unspecified atom stereocenters. The molecular weight excluding hydrogens is 332 g/mol. The first-order chi connectivity index (χ1) is 8.27. The average Bonchev–Trinajstić information content (AvgIpc) is 2.44. The minimum absolute atomic E-state index is 0.390. The molecular formula is C12H9FIN3. The summed E-state index contributed by atoms with van der Waals surface area (Å²) in [7, 11) is 0. The predicted molar refractivity (Wildman–Crippen MR) is 72.1 cm³/mol.